The number of rotatable bonds is 11. The van der Waals surface area contributed by atoms with E-state index in [4.69, 9.17) is 17.0 Å². The summed E-state index contributed by atoms with van der Waals surface area (Å²) >= 11 is 8.88. The normalized spacial score (nSPS) is 13.7. The average Bonchev–Trinajstić information content (AvgIpc) is 2.66. The highest BCUT2D eigenvalue weighted by molar-refractivity contribution is 8.46. The zero-order valence-electron chi connectivity index (χ0n) is 18.8. The molecule has 0 spiro atoms. The molecule has 3 nitrogen and oxygen atoms in total. The Morgan fingerprint density at radius 1 is 1.10 bits per heavy atom. The lowest BCUT2D eigenvalue weighted by atomic mass is 9.94. The first-order chi connectivity index (χ1) is 13.6. The van der Waals surface area contributed by atoms with E-state index in [0.717, 1.165) is 27.9 Å². The van der Waals surface area contributed by atoms with Crippen molar-refractivity contribution in [2.24, 2.45) is 0 Å². The first-order valence-electron chi connectivity index (χ1n) is 10.4. The molecule has 0 aliphatic heterocycles. The smallest absolute Gasteiger partial charge is 0.251 e. The fourth-order valence-electron chi connectivity index (χ4n) is 2.49. The van der Waals surface area contributed by atoms with E-state index < -0.39 is 0 Å². The van der Waals surface area contributed by atoms with Gasteiger partial charge in [0.2, 0.25) is 0 Å². The number of thioether (sulfide) groups is 2. The largest absolute Gasteiger partial charge is 0.376 e. The maximum absolute atomic E-state index is 12.7. The predicted octanol–water partition coefficient (Wildman–Crippen LogP) is 6.84. The Kier molecular flexibility index (Phi) is 11.9. The molecule has 0 saturated heterocycles. The number of amides is 1. The van der Waals surface area contributed by atoms with Crippen LogP contribution in [0.25, 0.3) is 0 Å². The zero-order valence-corrected chi connectivity index (χ0v) is 21.2. The van der Waals surface area contributed by atoms with Gasteiger partial charge in [-0.25, -0.2) is 0 Å². The molecule has 0 aliphatic carbocycles. The highest BCUT2D eigenvalue weighted by Gasteiger charge is 2.25. The van der Waals surface area contributed by atoms with Gasteiger partial charge in [0.05, 0.1) is 5.60 Å². The van der Waals surface area contributed by atoms with E-state index >= 15 is 0 Å². The van der Waals surface area contributed by atoms with Gasteiger partial charge in [0.25, 0.3) is 5.91 Å². The SMILES string of the molecule is CCCCSC(=S)SCc1ccc(C(=O)NC(C)(CC)CCOC(C)(C)C)cc1. The van der Waals surface area contributed by atoms with Crippen LogP contribution in [0.4, 0.5) is 0 Å². The Balaban J connectivity index is 2.54. The summed E-state index contributed by atoms with van der Waals surface area (Å²) in [5.74, 6) is 1.91. The highest BCUT2D eigenvalue weighted by Crippen LogP contribution is 2.23. The summed E-state index contributed by atoms with van der Waals surface area (Å²) in [4.78, 5) is 12.7. The van der Waals surface area contributed by atoms with E-state index in [1.54, 1.807) is 23.5 Å². The second-order valence-corrected chi connectivity index (χ2v) is 11.8. The predicted molar refractivity (Wildman–Crippen MR) is 134 cm³/mol. The Hall–Kier alpha value is -0.560. The van der Waals surface area contributed by atoms with Crippen LogP contribution in [0.15, 0.2) is 24.3 Å². The fraction of sp³-hybridized carbons (Fsp3) is 0.652. The number of unbranched alkanes of at least 4 members (excludes halogenated alkanes) is 1. The summed E-state index contributed by atoms with van der Waals surface area (Å²) in [5.41, 5.74) is 1.43. The third-order valence-corrected chi connectivity index (χ3v) is 7.53. The lowest BCUT2D eigenvalue weighted by Gasteiger charge is -2.31. The molecular weight excluding hydrogens is 418 g/mol. The van der Waals surface area contributed by atoms with E-state index in [-0.39, 0.29) is 17.0 Å². The maximum Gasteiger partial charge on any atom is 0.251 e. The minimum absolute atomic E-state index is 0.0325. The maximum atomic E-state index is 12.7. The third-order valence-electron chi connectivity index (χ3n) is 4.68. The minimum Gasteiger partial charge on any atom is -0.376 e. The van der Waals surface area contributed by atoms with Crippen molar-refractivity contribution in [1.82, 2.24) is 5.32 Å². The molecule has 1 aromatic rings. The highest BCUT2D eigenvalue weighted by atomic mass is 32.2. The molecule has 29 heavy (non-hydrogen) atoms. The molecular formula is C23H37NO2S3. The summed E-state index contributed by atoms with van der Waals surface area (Å²) in [6, 6.07) is 7.85. The number of thiocarbonyl (C=S) groups is 1. The molecule has 0 aromatic heterocycles. The van der Waals surface area contributed by atoms with Gasteiger partial charge in [-0.2, -0.15) is 0 Å². The van der Waals surface area contributed by atoms with Gasteiger partial charge >= 0.3 is 0 Å². The van der Waals surface area contributed by atoms with Crippen LogP contribution < -0.4 is 5.32 Å². The van der Waals surface area contributed by atoms with Gasteiger partial charge in [0, 0.05) is 23.5 Å². The van der Waals surface area contributed by atoms with Gasteiger partial charge < -0.3 is 10.1 Å². The van der Waals surface area contributed by atoms with Crippen LogP contribution in [0.1, 0.15) is 83.1 Å². The van der Waals surface area contributed by atoms with Gasteiger partial charge in [-0.3, -0.25) is 4.79 Å². The van der Waals surface area contributed by atoms with E-state index in [1.807, 2.05) is 45.0 Å². The number of nitrogens with one attached hydrogen (secondary N) is 1. The topological polar surface area (TPSA) is 38.3 Å². The molecule has 164 valence electrons. The van der Waals surface area contributed by atoms with Gasteiger partial charge in [-0.15, -0.1) is 23.5 Å². The Morgan fingerprint density at radius 2 is 1.76 bits per heavy atom. The molecule has 0 saturated carbocycles. The quantitative estimate of drug-likeness (QED) is 0.292. The summed E-state index contributed by atoms with van der Waals surface area (Å²) in [6.45, 7) is 13.1. The zero-order chi connectivity index (χ0) is 21.9. The van der Waals surface area contributed by atoms with E-state index in [0.29, 0.717) is 12.2 Å². The van der Waals surface area contributed by atoms with Crippen LogP contribution in [0.5, 0.6) is 0 Å². The van der Waals surface area contributed by atoms with Gasteiger partial charge in [0.1, 0.15) is 3.53 Å². The summed E-state index contributed by atoms with van der Waals surface area (Å²) in [6.07, 6.45) is 4.04. The van der Waals surface area contributed by atoms with Crippen molar-refractivity contribution in [1.29, 1.82) is 0 Å². The molecule has 1 rings (SSSR count). The van der Waals surface area contributed by atoms with Crippen molar-refractivity contribution in [3.63, 3.8) is 0 Å². The minimum atomic E-state index is -0.279. The average molecular weight is 456 g/mol. The molecule has 0 bridgehead atoms. The second kappa shape index (κ2) is 13.0. The van der Waals surface area contributed by atoms with E-state index in [1.165, 1.54) is 18.4 Å². The van der Waals surface area contributed by atoms with E-state index in [9.17, 15) is 4.79 Å². The number of hydrogen-bond donors (Lipinski definition) is 1. The molecule has 1 N–H and O–H groups in total. The fourth-order valence-corrected chi connectivity index (χ4v) is 4.76. The van der Waals surface area contributed by atoms with Crippen LogP contribution in [0.3, 0.4) is 0 Å². The molecule has 0 heterocycles. The molecule has 1 amide bonds. The molecule has 1 unspecified atom stereocenters. The van der Waals surface area contributed by atoms with Gasteiger partial charge in [-0.05, 0) is 70.4 Å². The number of benzene rings is 1. The summed E-state index contributed by atoms with van der Waals surface area (Å²) < 4.78 is 6.84. The lowest BCUT2D eigenvalue weighted by molar-refractivity contribution is -0.0124. The molecule has 0 radical (unpaired) electrons. The Labute approximate surface area is 191 Å². The van der Waals surface area contributed by atoms with Crippen LogP contribution in [0, 0.1) is 0 Å². The Bertz CT molecular complexity index is 641. The number of carbonyl (C=O) groups excluding carboxylic acids is 1. The number of hydrogen-bond acceptors (Lipinski definition) is 5. The lowest BCUT2D eigenvalue weighted by Crippen LogP contribution is -2.46. The van der Waals surface area contributed by atoms with Crippen molar-refractivity contribution in [3.05, 3.63) is 35.4 Å². The third kappa shape index (κ3) is 11.4. The van der Waals surface area contributed by atoms with Crippen LogP contribution in [-0.2, 0) is 10.5 Å². The molecule has 1 atom stereocenters. The van der Waals surface area contributed by atoms with Crippen molar-refractivity contribution in [3.8, 4) is 0 Å². The van der Waals surface area contributed by atoms with Crippen LogP contribution in [-0.4, -0.2) is 32.9 Å². The van der Waals surface area contributed by atoms with Gasteiger partial charge in [-0.1, -0.05) is 44.6 Å². The monoisotopic (exact) mass is 455 g/mol. The van der Waals surface area contributed by atoms with Crippen molar-refractivity contribution in [2.45, 2.75) is 84.1 Å². The molecule has 1 aromatic carbocycles. The summed E-state index contributed by atoms with van der Waals surface area (Å²) in [5, 5.41) is 3.20. The molecule has 6 heteroatoms. The van der Waals surface area contributed by atoms with Crippen molar-refractivity contribution >= 4 is 45.2 Å². The van der Waals surface area contributed by atoms with Crippen molar-refractivity contribution < 1.29 is 9.53 Å². The number of ether oxygens (including phenoxy) is 1. The first-order valence-corrected chi connectivity index (χ1v) is 12.8. The molecule has 0 aliphatic rings. The summed E-state index contributed by atoms with van der Waals surface area (Å²) in [7, 11) is 0. The van der Waals surface area contributed by atoms with Crippen LogP contribution >= 0.6 is 35.7 Å². The standard InChI is InChI=1S/C23H37NO2S3/c1-7-9-16-28-21(27)29-17-18-10-12-19(13-11-18)20(25)24-23(6,8-2)14-15-26-22(3,4)5/h10-13H,7-9,14-17H2,1-6H3,(H,24,25). The van der Waals surface area contributed by atoms with Crippen molar-refractivity contribution in [2.75, 3.05) is 12.4 Å². The first kappa shape index (κ1) is 26.5. The van der Waals surface area contributed by atoms with Gasteiger partial charge in [0.15, 0.2) is 0 Å². The Morgan fingerprint density at radius 3 is 2.31 bits per heavy atom. The molecule has 0 fully saturated rings. The second-order valence-electron chi connectivity index (χ2n) is 8.52. The number of carbonyl (C=O) groups is 1. The van der Waals surface area contributed by atoms with E-state index in [2.05, 4.69) is 26.1 Å². The van der Waals surface area contributed by atoms with Crippen LogP contribution in [0.2, 0.25) is 0 Å².